The fourth-order valence-electron chi connectivity index (χ4n) is 2.51. The van der Waals surface area contributed by atoms with E-state index in [0.29, 0.717) is 18.5 Å². The SMILES string of the molecule is CCN(CC)CCCC(C)NC(=NC)NCc1cccc(OC)n1. The molecule has 6 nitrogen and oxygen atoms in total. The van der Waals surface area contributed by atoms with Crippen LogP contribution in [0, 0.1) is 0 Å². The van der Waals surface area contributed by atoms with Gasteiger partial charge < -0.3 is 20.3 Å². The summed E-state index contributed by atoms with van der Waals surface area (Å²) in [5.74, 6) is 1.43. The highest BCUT2D eigenvalue weighted by Crippen LogP contribution is 2.06. The standard InChI is InChI=1S/C18H33N5O/c1-6-23(7-2)13-9-10-15(3)21-18(19-4)20-14-16-11-8-12-17(22-16)24-5/h8,11-12,15H,6-7,9-10,13-14H2,1-5H3,(H2,19,20,21). The van der Waals surface area contributed by atoms with E-state index >= 15 is 0 Å². The van der Waals surface area contributed by atoms with E-state index < -0.39 is 0 Å². The highest BCUT2D eigenvalue weighted by molar-refractivity contribution is 5.79. The summed E-state index contributed by atoms with van der Waals surface area (Å²) in [5, 5.41) is 6.74. The van der Waals surface area contributed by atoms with E-state index in [2.05, 4.69) is 46.3 Å². The van der Waals surface area contributed by atoms with Crippen molar-refractivity contribution in [2.75, 3.05) is 33.8 Å². The van der Waals surface area contributed by atoms with Crippen molar-refractivity contribution in [2.24, 2.45) is 4.99 Å². The molecule has 0 aliphatic rings. The summed E-state index contributed by atoms with van der Waals surface area (Å²) in [5.41, 5.74) is 0.923. The van der Waals surface area contributed by atoms with Gasteiger partial charge in [-0.15, -0.1) is 0 Å². The first-order valence-electron chi connectivity index (χ1n) is 8.82. The highest BCUT2D eigenvalue weighted by Gasteiger charge is 2.07. The lowest BCUT2D eigenvalue weighted by atomic mass is 10.2. The lowest BCUT2D eigenvalue weighted by Crippen LogP contribution is -2.42. The maximum atomic E-state index is 5.15. The molecule has 0 aromatic carbocycles. The Hall–Kier alpha value is -1.82. The van der Waals surface area contributed by atoms with Gasteiger partial charge in [-0.3, -0.25) is 4.99 Å². The molecule has 0 fully saturated rings. The molecule has 0 aliphatic heterocycles. The average Bonchev–Trinajstić information content (AvgIpc) is 2.62. The molecule has 1 atom stereocenters. The van der Waals surface area contributed by atoms with E-state index in [1.807, 2.05) is 18.2 Å². The maximum Gasteiger partial charge on any atom is 0.213 e. The highest BCUT2D eigenvalue weighted by atomic mass is 16.5. The van der Waals surface area contributed by atoms with Crippen molar-refractivity contribution in [1.29, 1.82) is 0 Å². The minimum atomic E-state index is 0.380. The summed E-state index contributed by atoms with van der Waals surface area (Å²) in [6.07, 6.45) is 2.30. The lowest BCUT2D eigenvalue weighted by Gasteiger charge is -2.21. The van der Waals surface area contributed by atoms with Crippen LogP contribution in [0.3, 0.4) is 0 Å². The van der Waals surface area contributed by atoms with Gasteiger partial charge in [-0.05, 0) is 45.5 Å². The van der Waals surface area contributed by atoms with Crippen LogP contribution < -0.4 is 15.4 Å². The molecule has 0 bridgehead atoms. The predicted octanol–water partition coefficient (Wildman–Crippen LogP) is 2.27. The van der Waals surface area contributed by atoms with Gasteiger partial charge in [0, 0.05) is 19.2 Å². The van der Waals surface area contributed by atoms with Crippen molar-refractivity contribution >= 4 is 5.96 Å². The molecular weight excluding hydrogens is 302 g/mol. The number of ether oxygens (including phenoxy) is 1. The van der Waals surface area contributed by atoms with Crippen LogP contribution in [-0.4, -0.2) is 55.7 Å². The van der Waals surface area contributed by atoms with E-state index in [9.17, 15) is 0 Å². The van der Waals surface area contributed by atoms with Crippen molar-refractivity contribution < 1.29 is 4.74 Å². The van der Waals surface area contributed by atoms with E-state index in [1.165, 1.54) is 6.42 Å². The topological polar surface area (TPSA) is 61.8 Å². The number of nitrogens with one attached hydrogen (secondary N) is 2. The van der Waals surface area contributed by atoms with Crippen LogP contribution in [0.4, 0.5) is 0 Å². The molecule has 0 spiro atoms. The van der Waals surface area contributed by atoms with Crippen LogP contribution >= 0.6 is 0 Å². The molecule has 1 aromatic rings. The molecular formula is C18H33N5O. The van der Waals surface area contributed by atoms with Gasteiger partial charge in [0.05, 0.1) is 19.3 Å². The van der Waals surface area contributed by atoms with Gasteiger partial charge in [0.1, 0.15) is 0 Å². The Bertz CT molecular complexity index is 488. The minimum absolute atomic E-state index is 0.380. The lowest BCUT2D eigenvalue weighted by molar-refractivity contribution is 0.292. The van der Waals surface area contributed by atoms with Crippen molar-refractivity contribution in [1.82, 2.24) is 20.5 Å². The zero-order chi connectivity index (χ0) is 17.8. The Morgan fingerprint density at radius 1 is 1.33 bits per heavy atom. The molecule has 2 N–H and O–H groups in total. The molecule has 24 heavy (non-hydrogen) atoms. The first kappa shape index (κ1) is 20.2. The van der Waals surface area contributed by atoms with Gasteiger partial charge in [0.25, 0.3) is 0 Å². The molecule has 1 unspecified atom stereocenters. The number of hydrogen-bond acceptors (Lipinski definition) is 4. The fourth-order valence-corrected chi connectivity index (χ4v) is 2.51. The van der Waals surface area contributed by atoms with Gasteiger partial charge in [-0.1, -0.05) is 19.9 Å². The smallest absolute Gasteiger partial charge is 0.213 e. The van der Waals surface area contributed by atoms with Crippen molar-refractivity contribution in [3.8, 4) is 5.88 Å². The Labute approximate surface area is 146 Å². The summed E-state index contributed by atoms with van der Waals surface area (Å²) >= 11 is 0. The summed E-state index contributed by atoms with van der Waals surface area (Å²) < 4.78 is 5.15. The van der Waals surface area contributed by atoms with E-state index in [0.717, 1.165) is 37.7 Å². The van der Waals surface area contributed by atoms with Crippen molar-refractivity contribution in [3.63, 3.8) is 0 Å². The number of pyridine rings is 1. The Kier molecular flexibility index (Phi) is 9.84. The third-order valence-corrected chi connectivity index (χ3v) is 4.04. The largest absolute Gasteiger partial charge is 0.481 e. The molecule has 0 saturated carbocycles. The molecule has 0 saturated heterocycles. The van der Waals surface area contributed by atoms with Crippen LogP contribution in [0.2, 0.25) is 0 Å². The second-order valence-electron chi connectivity index (χ2n) is 5.81. The second kappa shape index (κ2) is 11.7. The Morgan fingerprint density at radius 3 is 2.71 bits per heavy atom. The van der Waals surface area contributed by atoms with E-state index in [-0.39, 0.29) is 0 Å². The zero-order valence-electron chi connectivity index (χ0n) is 15.8. The van der Waals surface area contributed by atoms with E-state index in [4.69, 9.17) is 4.74 Å². The third kappa shape index (κ3) is 7.64. The Balaban J connectivity index is 2.35. The van der Waals surface area contributed by atoms with Crippen LogP contribution in [-0.2, 0) is 6.54 Å². The van der Waals surface area contributed by atoms with Crippen molar-refractivity contribution in [2.45, 2.75) is 46.2 Å². The van der Waals surface area contributed by atoms with E-state index in [1.54, 1.807) is 14.2 Å². The average molecular weight is 335 g/mol. The van der Waals surface area contributed by atoms with Gasteiger partial charge in [-0.25, -0.2) is 4.98 Å². The van der Waals surface area contributed by atoms with Crippen LogP contribution in [0.25, 0.3) is 0 Å². The first-order chi connectivity index (χ1) is 11.6. The van der Waals surface area contributed by atoms with Crippen LogP contribution in [0.5, 0.6) is 5.88 Å². The molecule has 136 valence electrons. The predicted molar refractivity (Wildman–Crippen MR) is 101 cm³/mol. The summed E-state index contributed by atoms with van der Waals surface area (Å²) in [6, 6.07) is 6.13. The fraction of sp³-hybridized carbons (Fsp3) is 0.667. The number of methoxy groups -OCH3 is 1. The number of guanidine groups is 1. The first-order valence-corrected chi connectivity index (χ1v) is 8.82. The zero-order valence-corrected chi connectivity index (χ0v) is 15.8. The monoisotopic (exact) mass is 335 g/mol. The van der Waals surface area contributed by atoms with Crippen LogP contribution in [0.15, 0.2) is 23.2 Å². The molecule has 6 heteroatoms. The number of hydrogen-bond donors (Lipinski definition) is 2. The molecule has 1 aromatic heterocycles. The normalized spacial score (nSPS) is 13.0. The van der Waals surface area contributed by atoms with Gasteiger partial charge in [0.15, 0.2) is 5.96 Å². The third-order valence-electron chi connectivity index (χ3n) is 4.04. The summed E-state index contributed by atoms with van der Waals surface area (Å²) in [6.45, 7) is 10.6. The molecule has 1 rings (SSSR count). The molecule has 1 heterocycles. The van der Waals surface area contributed by atoms with Crippen molar-refractivity contribution in [3.05, 3.63) is 23.9 Å². The molecule has 0 amide bonds. The Morgan fingerprint density at radius 2 is 2.08 bits per heavy atom. The van der Waals surface area contributed by atoms with Gasteiger partial charge in [-0.2, -0.15) is 0 Å². The number of aliphatic imine (C=N–C) groups is 1. The maximum absolute atomic E-state index is 5.15. The number of aromatic nitrogens is 1. The molecule has 0 radical (unpaired) electrons. The summed E-state index contributed by atoms with van der Waals surface area (Å²) in [7, 11) is 3.41. The quantitative estimate of drug-likeness (QED) is 0.507. The second-order valence-corrected chi connectivity index (χ2v) is 5.81. The minimum Gasteiger partial charge on any atom is -0.481 e. The number of rotatable bonds is 10. The number of nitrogens with zero attached hydrogens (tertiary/aromatic N) is 3. The molecule has 0 aliphatic carbocycles. The summed E-state index contributed by atoms with van der Waals surface area (Å²) in [4.78, 5) is 11.1. The van der Waals surface area contributed by atoms with Gasteiger partial charge in [0.2, 0.25) is 5.88 Å². The van der Waals surface area contributed by atoms with Gasteiger partial charge >= 0.3 is 0 Å². The van der Waals surface area contributed by atoms with Crippen LogP contribution in [0.1, 0.15) is 39.3 Å².